The fourth-order valence-corrected chi connectivity index (χ4v) is 9.31. The van der Waals surface area contributed by atoms with Gasteiger partial charge in [-0.3, -0.25) is 19.6 Å². The van der Waals surface area contributed by atoms with Gasteiger partial charge in [0.25, 0.3) is 0 Å². The summed E-state index contributed by atoms with van der Waals surface area (Å²) >= 11 is 0. The normalized spacial score (nSPS) is 17.3. The van der Waals surface area contributed by atoms with E-state index >= 15 is 0 Å². The molecule has 2 fully saturated rings. The molecule has 2 atom stereocenters. The standard InChI is InChI=1S/C53H60N4O8/c1-36-13-15-42(29-38(36)3)62-48(58)17-23-56-25-19-52(20-26-56,46-34-54-32-40-9-5-7-11-44(40)46)64-50(60)31-51(61)65-53(47-35-55-33-41-10-6-8-12-45(41)47)21-27-57(28-22-53)24-18-49(59)63-43-16-14-37(2)39(4)30-43/h5-16,29-30,32-35,48-49,58-59H,17-28,31H2,1-4H3. The first-order valence-electron chi connectivity index (χ1n) is 22.8. The molecule has 4 heterocycles. The number of hydrogen-bond acceptors (Lipinski definition) is 12. The highest BCUT2D eigenvalue weighted by atomic mass is 16.6. The lowest BCUT2D eigenvalue weighted by molar-refractivity contribution is -0.178. The van der Waals surface area contributed by atoms with Crippen LogP contribution in [0.3, 0.4) is 0 Å². The first-order valence-corrected chi connectivity index (χ1v) is 22.8. The molecule has 2 aromatic heterocycles. The Kier molecular flexibility index (Phi) is 14.1. The van der Waals surface area contributed by atoms with E-state index in [2.05, 4.69) is 19.8 Å². The van der Waals surface area contributed by atoms with Crippen LogP contribution in [-0.4, -0.2) is 93.8 Å². The summed E-state index contributed by atoms with van der Waals surface area (Å²) in [5.74, 6) is -0.0855. The van der Waals surface area contributed by atoms with Crippen LogP contribution in [0.5, 0.6) is 11.5 Å². The molecule has 12 heteroatoms. The minimum absolute atomic E-state index is 0.400. The number of aromatic nitrogens is 2. The maximum atomic E-state index is 14.2. The Morgan fingerprint density at radius 1 is 0.569 bits per heavy atom. The van der Waals surface area contributed by atoms with Gasteiger partial charge in [-0.05, 0) is 85.0 Å². The number of hydrogen-bond donors (Lipinski definition) is 2. The highest BCUT2D eigenvalue weighted by molar-refractivity contribution is 5.93. The van der Waals surface area contributed by atoms with Crippen LogP contribution in [0.4, 0.5) is 0 Å². The third-order valence-electron chi connectivity index (χ3n) is 13.4. The van der Waals surface area contributed by atoms with E-state index in [4.69, 9.17) is 18.9 Å². The molecule has 2 aliphatic rings. The third kappa shape index (κ3) is 10.8. The third-order valence-corrected chi connectivity index (χ3v) is 13.4. The quantitative estimate of drug-likeness (QED) is 0.0548. The summed E-state index contributed by atoms with van der Waals surface area (Å²) in [5, 5.41) is 25.3. The number of aliphatic hydroxyl groups excluding tert-OH is 2. The van der Waals surface area contributed by atoms with Gasteiger partial charge in [0, 0.05) is 124 Å². The van der Waals surface area contributed by atoms with Gasteiger partial charge in [-0.2, -0.15) is 0 Å². The lowest BCUT2D eigenvalue weighted by atomic mass is 9.82. The SMILES string of the molecule is Cc1ccc(OC(O)CCN2CCC(OC(=O)CC(=O)OC3(c4cncc5ccccc45)CCN(CCC(O)Oc4ccc(C)c(C)c4)CC3)(c3cncc4ccccc34)CC2)cc1C. The van der Waals surface area contributed by atoms with E-state index < -0.39 is 42.1 Å². The van der Waals surface area contributed by atoms with Crippen molar-refractivity contribution in [3.05, 3.63) is 143 Å². The van der Waals surface area contributed by atoms with Gasteiger partial charge in [-0.15, -0.1) is 0 Å². The number of benzene rings is 4. The first kappa shape index (κ1) is 45.6. The summed E-state index contributed by atoms with van der Waals surface area (Å²) in [4.78, 5) is 41.9. The molecule has 65 heavy (non-hydrogen) atoms. The Balaban J connectivity index is 0.945. The van der Waals surface area contributed by atoms with Gasteiger partial charge >= 0.3 is 11.9 Å². The first-order chi connectivity index (χ1) is 31.4. The second-order valence-electron chi connectivity index (χ2n) is 17.8. The second-order valence-corrected chi connectivity index (χ2v) is 17.8. The van der Waals surface area contributed by atoms with E-state index in [1.807, 2.05) is 113 Å². The molecule has 2 unspecified atom stereocenters. The van der Waals surface area contributed by atoms with Crippen LogP contribution in [0, 0.1) is 27.7 Å². The predicted molar refractivity (Wildman–Crippen MR) is 249 cm³/mol. The number of piperidine rings is 2. The number of aryl methyl sites for hydroxylation is 4. The number of nitrogens with zero attached hydrogens (tertiary/aromatic N) is 4. The maximum absolute atomic E-state index is 14.2. The Morgan fingerprint density at radius 3 is 1.37 bits per heavy atom. The van der Waals surface area contributed by atoms with Crippen molar-refractivity contribution in [2.24, 2.45) is 0 Å². The zero-order chi connectivity index (χ0) is 45.6. The average Bonchev–Trinajstić information content (AvgIpc) is 3.30. The second kappa shape index (κ2) is 20.1. The van der Waals surface area contributed by atoms with E-state index in [0.717, 1.165) is 54.9 Å². The molecule has 0 bridgehead atoms. The molecule has 0 aliphatic carbocycles. The zero-order valence-corrected chi connectivity index (χ0v) is 37.9. The molecule has 0 saturated carbocycles. The highest BCUT2D eigenvalue weighted by Crippen LogP contribution is 2.43. The monoisotopic (exact) mass is 880 g/mol. The van der Waals surface area contributed by atoms with Crippen LogP contribution in [0.15, 0.2) is 110 Å². The molecular formula is C53H60N4O8. The molecule has 0 spiro atoms. The molecule has 6 aromatic rings. The molecule has 12 nitrogen and oxygen atoms in total. The van der Waals surface area contributed by atoms with Gasteiger partial charge in [-0.1, -0.05) is 60.7 Å². The molecule has 2 aliphatic heterocycles. The summed E-state index contributed by atoms with van der Waals surface area (Å²) in [6.45, 7) is 11.6. The number of likely N-dealkylation sites (tertiary alicyclic amines) is 2. The number of carbonyl (C=O) groups excluding carboxylic acids is 2. The molecule has 0 amide bonds. The highest BCUT2D eigenvalue weighted by Gasteiger charge is 2.44. The number of aliphatic hydroxyl groups is 2. The fourth-order valence-electron chi connectivity index (χ4n) is 9.31. The molecule has 8 rings (SSSR count). The van der Waals surface area contributed by atoms with Crippen molar-refractivity contribution in [3.8, 4) is 11.5 Å². The maximum Gasteiger partial charge on any atom is 0.318 e. The van der Waals surface area contributed by atoms with Crippen molar-refractivity contribution in [2.45, 2.75) is 96.4 Å². The molecule has 340 valence electrons. The Labute approximate surface area is 381 Å². The molecular weight excluding hydrogens is 821 g/mol. The summed E-state index contributed by atoms with van der Waals surface area (Å²) < 4.78 is 24.7. The molecule has 4 aromatic carbocycles. The van der Waals surface area contributed by atoms with Gasteiger partial charge in [0.05, 0.1) is 0 Å². The fraction of sp³-hybridized carbons (Fsp3) is 0.396. The van der Waals surface area contributed by atoms with Crippen molar-refractivity contribution in [2.75, 3.05) is 39.3 Å². The van der Waals surface area contributed by atoms with Gasteiger partial charge in [-0.25, -0.2) is 0 Å². The van der Waals surface area contributed by atoms with Crippen LogP contribution >= 0.6 is 0 Å². The molecule has 2 N–H and O–H groups in total. The summed E-state index contributed by atoms with van der Waals surface area (Å²) in [7, 11) is 0. The summed E-state index contributed by atoms with van der Waals surface area (Å²) in [5.41, 5.74) is 4.00. The average molecular weight is 881 g/mol. The lowest BCUT2D eigenvalue weighted by Crippen LogP contribution is -2.47. The number of fused-ring (bicyclic) bond motifs is 2. The van der Waals surface area contributed by atoms with Gasteiger partial charge in [0.2, 0.25) is 0 Å². The van der Waals surface area contributed by atoms with Gasteiger partial charge in [0.1, 0.15) is 29.1 Å². The summed E-state index contributed by atoms with van der Waals surface area (Å²) in [6, 6.07) is 27.4. The van der Waals surface area contributed by atoms with Crippen LogP contribution in [-0.2, 0) is 30.3 Å². The van der Waals surface area contributed by atoms with Crippen LogP contribution in [0.1, 0.15) is 78.3 Å². The minimum Gasteiger partial charge on any atom is -0.465 e. The number of pyridine rings is 2. The number of ether oxygens (including phenoxy) is 4. The smallest absolute Gasteiger partial charge is 0.318 e. The van der Waals surface area contributed by atoms with E-state index in [9.17, 15) is 19.8 Å². The van der Waals surface area contributed by atoms with Crippen molar-refractivity contribution in [1.82, 2.24) is 19.8 Å². The van der Waals surface area contributed by atoms with E-state index in [0.29, 0.717) is 89.3 Å². The zero-order valence-electron chi connectivity index (χ0n) is 37.9. The topological polar surface area (TPSA) is 144 Å². The Morgan fingerprint density at radius 2 is 0.969 bits per heavy atom. The van der Waals surface area contributed by atoms with Crippen molar-refractivity contribution >= 4 is 33.5 Å². The van der Waals surface area contributed by atoms with Crippen molar-refractivity contribution in [1.29, 1.82) is 0 Å². The van der Waals surface area contributed by atoms with Crippen LogP contribution in [0.2, 0.25) is 0 Å². The minimum atomic E-state index is -1.05. The lowest BCUT2D eigenvalue weighted by Gasteiger charge is -2.42. The molecule has 0 radical (unpaired) electrons. The van der Waals surface area contributed by atoms with Crippen molar-refractivity contribution < 1.29 is 38.7 Å². The largest absolute Gasteiger partial charge is 0.465 e. The van der Waals surface area contributed by atoms with Crippen molar-refractivity contribution in [3.63, 3.8) is 0 Å². The van der Waals surface area contributed by atoms with E-state index in [1.54, 1.807) is 24.8 Å². The Bertz CT molecular complexity index is 2430. The van der Waals surface area contributed by atoms with Crippen LogP contribution < -0.4 is 9.47 Å². The number of carbonyl (C=O) groups is 2. The number of esters is 2. The van der Waals surface area contributed by atoms with Gasteiger partial charge in [0.15, 0.2) is 12.6 Å². The summed E-state index contributed by atoms with van der Waals surface area (Å²) in [6.07, 6.45) is 7.27. The number of rotatable bonds is 16. The molecule has 2 saturated heterocycles. The Hall–Kier alpha value is -5.92. The van der Waals surface area contributed by atoms with E-state index in [-0.39, 0.29) is 0 Å². The van der Waals surface area contributed by atoms with E-state index in [1.165, 1.54) is 0 Å². The van der Waals surface area contributed by atoms with Gasteiger partial charge < -0.3 is 39.0 Å². The van der Waals surface area contributed by atoms with Crippen LogP contribution in [0.25, 0.3) is 21.5 Å². The predicted octanol–water partition coefficient (Wildman–Crippen LogP) is 8.35.